The molecule has 0 N–H and O–H groups in total. The number of hydrogen-bond acceptors (Lipinski definition) is 6. The summed E-state index contributed by atoms with van der Waals surface area (Å²) in [5, 5.41) is 0. The fourth-order valence-corrected chi connectivity index (χ4v) is 7.16. The molecule has 58 heavy (non-hydrogen) atoms. The zero-order chi connectivity index (χ0) is 42.3. The molecule has 0 aromatic heterocycles. The Morgan fingerprint density at radius 2 is 0.672 bits per heavy atom. The second-order valence-electron chi connectivity index (χ2n) is 16.7. The Kier molecular flexibility index (Phi) is 45.4. The topological polar surface area (TPSA) is 78.9 Å². The van der Waals surface area contributed by atoms with E-state index in [1.54, 1.807) is 0 Å². The van der Waals surface area contributed by atoms with Crippen LogP contribution in [0, 0.1) is 0 Å². The van der Waals surface area contributed by atoms with E-state index in [0.29, 0.717) is 19.3 Å². The molecule has 0 radical (unpaired) electrons. The quantitative estimate of drug-likeness (QED) is 0.0264. The lowest BCUT2D eigenvalue weighted by molar-refractivity contribution is -0.167. The van der Waals surface area contributed by atoms with Crippen molar-refractivity contribution in [1.82, 2.24) is 0 Å². The van der Waals surface area contributed by atoms with Gasteiger partial charge in [0.2, 0.25) is 0 Å². The molecule has 0 aliphatic rings. The largest absolute Gasteiger partial charge is 0.462 e. The average Bonchev–Trinajstić information content (AvgIpc) is 3.22. The van der Waals surface area contributed by atoms with Crippen molar-refractivity contribution in [2.24, 2.45) is 0 Å². The van der Waals surface area contributed by atoms with Gasteiger partial charge in [0.25, 0.3) is 0 Å². The van der Waals surface area contributed by atoms with Crippen molar-refractivity contribution in [1.29, 1.82) is 0 Å². The Labute approximate surface area is 359 Å². The Bertz CT molecular complexity index is 984. The number of esters is 3. The van der Waals surface area contributed by atoms with Crippen LogP contribution >= 0.6 is 0 Å². The number of unbranched alkanes of at least 4 members (excludes halogenated alkanes) is 28. The molecule has 1 atom stereocenters. The van der Waals surface area contributed by atoms with Crippen LogP contribution in [0.4, 0.5) is 0 Å². The van der Waals surface area contributed by atoms with E-state index in [9.17, 15) is 14.4 Å². The van der Waals surface area contributed by atoms with Crippen LogP contribution in [-0.2, 0) is 28.6 Å². The zero-order valence-electron chi connectivity index (χ0n) is 38.6. The van der Waals surface area contributed by atoms with E-state index in [-0.39, 0.29) is 31.1 Å². The molecule has 0 aliphatic heterocycles. The van der Waals surface area contributed by atoms with Crippen LogP contribution in [0.1, 0.15) is 258 Å². The molecule has 0 aliphatic carbocycles. The summed E-state index contributed by atoms with van der Waals surface area (Å²) >= 11 is 0. The van der Waals surface area contributed by atoms with Crippen LogP contribution < -0.4 is 0 Å². The molecule has 6 nitrogen and oxygen atoms in total. The SMILES string of the molecule is CC/C=C\C/C=C\C/C=C\CCCCCCCCCC(=O)OC(COC(=O)CCCCCCC)COC(=O)CCCCCCCCCCCCCCCCCCCC. The second kappa shape index (κ2) is 47.3. The second-order valence-corrected chi connectivity index (χ2v) is 16.7. The first-order chi connectivity index (χ1) is 28.5. The summed E-state index contributed by atoms with van der Waals surface area (Å²) in [5.41, 5.74) is 0. The summed E-state index contributed by atoms with van der Waals surface area (Å²) in [6.07, 6.45) is 54.5. The van der Waals surface area contributed by atoms with Gasteiger partial charge in [-0.25, -0.2) is 0 Å². The molecular weight excluding hydrogens is 721 g/mol. The lowest BCUT2D eigenvalue weighted by atomic mass is 10.0. The normalized spacial score (nSPS) is 12.3. The lowest BCUT2D eigenvalue weighted by Gasteiger charge is -2.18. The number of carbonyl (C=O) groups is 3. The number of ether oxygens (including phenoxy) is 3. The molecule has 0 heterocycles. The maximum atomic E-state index is 12.7. The molecule has 0 aromatic rings. The predicted molar refractivity (Wildman–Crippen MR) is 247 cm³/mol. The van der Waals surface area contributed by atoms with E-state index in [2.05, 4.69) is 57.2 Å². The smallest absolute Gasteiger partial charge is 0.306 e. The van der Waals surface area contributed by atoms with Crippen molar-refractivity contribution >= 4 is 17.9 Å². The molecular formula is C52H94O6. The van der Waals surface area contributed by atoms with Gasteiger partial charge < -0.3 is 14.2 Å². The maximum Gasteiger partial charge on any atom is 0.306 e. The third-order valence-electron chi connectivity index (χ3n) is 10.9. The third-order valence-corrected chi connectivity index (χ3v) is 10.9. The Morgan fingerprint density at radius 1 is 0.362 bits per heavy atom. The Hall–Kier alpha value is -2.37. The summed E-state index contributed by atoms with van der Waals surface area (Å²) in [4.78, 5) is 37.6. The minimum absolute atomic E-state index is 0.0735. The van der Waals surface area contributed by atoms with Gasteiger partial charge in [0, 0.05) is 19.3 Å². The van der Waals surface area contributed by atoms with Crippen LogP contribution in [0.2, 0.25) is 0 Å². The fourth-order valence-electron chi connectivity index (χ4n) is 7.16. The van der Waals surface area contributed by atoms with E-state index >= 15 is 0 Å². The number of carbonyl (C=O) groups excluding carboxylic acids is 3. The van der Waals surface area contributed by atoms with Gasteiger partial charge in [-0.2, -0.15) is 0 Å². The summed E-state index contributed by atoms with van der Waals surface area (Å²) in [5.74, 6) is -0.889. The van der Waals surface area contributed by atoms with Crippen molar-refractivity contribution in [2.75, 3.05) is 13.2 Å². The molecule has 338 valence electrons. The highest BCUT2D eigenvalue weighted by Gasteiger charge is 2.19. The van der Waals surface area contributed by atoms with Gasteiger partial charge in [-0.05, 0) is 51.4 Å². The van der Waals surface area contributed by atoms with Gasteiger partial charge in [-0.1, -0.05) is 224 Å². The first kappa shape index (κ1) is 55.6. The monoisotopic (exact) mass is 815 g/mol. The van der Waals surface area contributed by atoms with Gasteiger partial charge in [0.05, 0.1) is 0 Å². The van der Waals surface area contributed by atoms with Crippen molar-refractivity contribution < 1.29 is 28.6 Å². The van der Waals surface area contributed by atoms with Crippen LogP contribution in [0.25, 0.3) is 0 Å². The first-order valence-corrected chi connectivity index (χ1v) is 25.0. The minimum Gasteiger partial charge on any atom is -0.462 e. The Balaban J connectivity index is 4.15. The van der Waals surface area contributed by atoms with E-state index in [4.69, 9.17) is 14.2 Å². The summed E-state index contributed by atoms with van der Waals surface area (Å²) < 4.78 is 16.7. The molecule has 0 rings (SSSR count). The maximum absolute atomic E-state index is 12.7. The standard InChI is InChI=1S/C52H94O6/c1-4-7-10-13-15-17-19-21-23-25-27-28-30-32-34-36-39-42-45-51(54)57-48-49(47-56-50(53)44-41-38-12-9-6-3)58-52(55)46-43-40-37-35-33-31-29-26-24-22-20-18-16-14-11-8-5-2/h8,11,16,18,22,24,49H,4-7,9-10,12-15,17,19-21,23,25-48H2,1-3H3/b11-8-,18-16-,24-22-. The highest BCUT2D eigenvalue weighted by Crippen LogP contribution is 2.16. The van der Waals surface area contributed by atoms with Gasteiger partial charge in [0.15, 0.2) is 6.10 Å². The molecule has 0 fully saturated rings. The highest BCUT2D eigenvalue weighted by atomic mass is 16.6. The minimum atomic E-state index is -0.770. The molecule has 6 heteroatoms. The number of rotatable bonds is 45. The lowest BCUT2D eigenvalue weighted by Crippen LogP contribution is -2.30. The van der Waals surface area contributed by atoms with E-state index in [1.807, 2.05) is 0 Å². The van der Waals surface area contributed by atoms with E-state index < -0.39 is 6.10 Å². The molecule has 0 saturated carbocycles. The van der Waals surface area contributed by atoms with Crippen LogP contribution in [-0.4, -0.2) is 37.2 Å². The summed E-state index contributed by atoms with van der Waals surface area (Å²) in [7, 11) is 0. The zero-order valence-corrected chi connectivity index (χ0v) is 38.6. The van der Waals surface area contributed by atoms with Crippen LogP contribution in [0.3, 0.4) is 0 Å². The third kappa shape index (κ3) is 44.7. The Morgan fingerprint density at radius 3 is 1.05 bits per heavy atom. The molecule has 1 unspecified atom stereocenters. The molecule has 0 aromatic carbocycles. The van der Waals surface area contributed by atoms with Crippen LogP contribution in [0.5, 0.6) is 0 Å². The van der Waals surface area contributed by atoms with E-state index in [0.717, 1.165) is 89.9 Å². The summed E-state index contributed by atoms with van der Waals surface area (Å²) in [6, 6.07) is 0. The van der Waals surface area contributed by atoms with Crippen molar-refractivity contribution in [3.8, 4) is 0 Å². The van der Waals surface area contributed by atoms with Gasteiger partial charge >= 0.3 is 17.9 Å². The molecule has 0 spiro atoms. The van der Waals surface area contributed by atoms with Gasteiger partial charge in [0.1, 0.15) is 13.2 Å². The van der Waals surface area contributed by atoms with Crippen molar-refractivity contribution in [3.63, 3.8) is 0 Å². The number of allylic oxidation sites excluding steroid dienone is 6. The van der Waals surface area contributed by atoms with Crippen molar-refractivity contribution in [3.05, 3.63) is 36.5 Å². The highest BCUT2D eigenvalue weighted by molar-refractivity contribution is 5.71. The van der Waals surface area contributed by atoms with Gasteiger partial charge in [-0.15, -0.1) is 0 Å². The van der Waals surface area contributed by atoms with E-state index in [1.165, 1.54) is 128 Å². The molecule has 0 saturated heterocycles. The average molecular weight is 815 g/mol. The molecule has 0 amide bonds. The molecule has 0 bridgehead atoms. The number of hydrogen-bond donors (Lipinski definition) is 0. The predicted octanol–water partition coefficient (Wildman–Crippen LogP) is 16.1. The first-order valence-electron chi connectivity index (χ1n) is 25.0. The summed E-state index contributed by atoms with van der Waals surface area (Å²) in [6.45, 7) is 6.46. The van der Waals surface area contributed by atoms with Gasteiger partial charge in [-0.3, -0.25) is 14.4 Å². The fraction of sp³-hybridized carbons (Fsp3) is 0.827. The van der Waals surface area contributed by atoms with Crippen LogP contribution in [0.15, 0.2) is 36.5 Å². The van der Waals surface area contributed by atoms with Crippen molar-refractivity contribution in [2.45, 2.75) is 264 Å².